The van der Waals surface area contributed by atoms with Gasteiger partial charge in [0.15, 0.2) is 5.69 Å². The number of H-pyrrole nitrogens is 1. The molecule has 3 rings (SSSR count). The Hall–Kier alpha value is -2.14. The van der Waals surface area contributed by atoms with Crippen molar-refractivity contribution in [3.63, 3.8) is 0 Å². The molecule has 0 radical (unpaired) electrons. The third-order valence-corrected chi connectivity index (χ3v) is 3.19. The van der Waals surface area contributed by atoms with E-state index in [0.717, 1.165) is 28.9 Å². The molecule has 0 aliphatic carbocycles. The molecule has 0 spiro atoms. The Morgan fingerprint density at radius 1 is 1.47 bits per heavy atom. The van der Waals surface area contributed by atoms with Crippen LogP contribution in [-0.2, 0) is 17.8 Å². The molecule has 0 unspecified atom stereocenters. The fourth-order valence-corrected chi connectivity index (χ4v) is 2.21. The molecular formula is C14H15N3O2. The third-order valence-electron chi connectivity index (χ3n) is 3.19. The zero-order valence-corrected chi connectivity index (χ0v) is 10.7. The molecule has 0 bridgehead atoms. The first-order valence-corrected chi connectivity index (χ1v) is 6.26. The van der Waals surface area contributed by atoms with E-state index >= 15 is 0 Å². The Labute approximate surface area is 111 Å². The Balaban J connectivity index is 1.83. The average Bonchev–Trinajstić information content (AvgIpc) is 2.82. The van der Waals surface area contributed by atoms with Crippen LogP contribution >= 0.6 is 0 Å². The molecule has 1 aromatic carbocycles. The standard InChI is InChI=1S/C14H15N3O2/c1-9-3-2-4-10(7-9)15-14(18)13-11-8-19-6-5-12(11)16-17-13/h2-4,7H,5-6,8H2,1H3,(H,15,18)(H,16,17). The van der Waals surface area contributed by atoms with Crippen LogP contribution in [0.15, 0.2) is 24.3 Å². The lowest BCUT2D eigenvalue weighted by Gasteiger charge is -2.12. The van der Waals surface area contributed by atoms with Gasteiger partial charge in [0.05, 0.1) is 13.2 Å². The van der Waals surface area contributed by atoms with E-state index in [1.165, 1.54) is 0 Å². The summed E-state index contributed by atoms with van der Waals surface area (Å²) in [6.07, 6.45) is 0.778. The van der Waals surface area contributed by atoms with Crippen LogP contribution in [-0.4, -0.2) is 22.7 Å². The van der Waals surface area contributed by atoms with Crippen LogP contribution in [0, 0.1) is 6.92 Å². The second-order valence-electron chi connectivity index (χ2n) is 4.66. The fraction of sp³-hybridized carbons (Fsp3) is 0.286. The van der Waals surface area contributed by atoms with E-state index in [1.54, 1.807) is 0 Å². The Kier molecular flexibility index (Phi) is 3.05. The number of aromatic nitrogens is 2. The molecule has 1 aliphatic rings. The molecule has 2 N–H and O–H groups in total. The summed E-state index contributed by atoms with van der Waals surface area (Å²) in [7, 11) is 0. The van der Waals surface area contributed by atoms with Gasteiger partial charge in [-0.2, -0.15) is 5.10 Å². The van der Waals surface area contributed by atoms with Gasteiger partial charge < -0.3 is 10.1 Å². The van der Waals surface area contributed by atoms with Gasteiger partial charge in [-0.05, 0) is 24.6 Å². The first-order valence-electron chi connectivity index (χ1n) is 6.26. The van der Waals surface area contributed by atoms with Gasteiger partial charge in [0, 0.05) is 23.4 Å². The van der Waals surface area contributed by atoms with E-state index in [9.17, 15) is 4.79 Å². The van der Waals surface area contributed by atoms with E-state index < -0.39 is 0 Å². The minimum Gasteiger partial charge on any atom is -0.376 e. The van der Waals surface area contributed by atoms with E-state index in [-0.39, 0.29) is 5.91 Å². The number of nitrogens with one attached hydrogen (secondary N) is 2. The number of carbonyl (C=O) groups is 1. The number of ether oxygens (including phenoxy) is 1. The number of aryl methyl sites for hydroxylation is 1. The van der Waals surface area contributed by atoms with Gasteiger partial charge in [0.25, 0.3) is 5.91 Å². The van der Waals surface area contributed by atoms with Gasteiger partial charge in [-0.25, -0.2) is 0 Å². The smallest absolute Gasteiger partial charge is 0.276 e. The van der Waals surface area contributed by atoms with Crippen molar-refractivity contribution in [2.45, 2.75) is 20.0 Å². The van der Waals surface area contributed by atoms with Crippen molar-refractivity contribution in [1.29, 1.82) is 0 Å². The molecule has 1 aromatic heterocycles. The molecule has 2 heterocycles. The lowest BCUT2D eigenvalue weighted by Crippen LogP contribution is -2.17. The SMILES string of the molecule is Cc1cccc(NC(=O)c2n[nH]c3c2COCC3)c1. The highest BCUT2D eigenvalue weighted by Gasteiger charge is 2.22. The molecular weight excluding hydrogens is 242 g/mol. The summed E-state index contributed by atoms with van der Waals surface area (Å²) in [5.74, 6) is -0.200. The van der Waals surface area contributed by atoms with Crippen LogP contribution in [0.4, 0.5) is 5.69 Å². The maximum atomic E-state index is 12.2. The first-order chi connectivity index (χ1) is 9.24. The summed E-state index contributed by atoms with van der Waals surface area (Å²) in [6, 6.07) is 7.68. The number of fused-ring (bicyclic) bond motifs is 1. The molecule has 2 aromatic rings. The summed E-state index contributed by atoms with van der Waals surface area (Å²) in [5.41, 5.74) is 4.18. The van der Waals surface area contributed by atoms with Crippen molar-refractivity contribution < 1.29 is 9.53 Å². The van der Waals surface area contributed by atoms with Crippen molar-refractivity contribution in [1.82, 2.24) is 10.2 Å². The number of rotatable bonds is 2. The molecule has 0 saturated carbocycles. The van der Waals surface area contributed by atoms with Crippen LogP contribution < -0.4 is 5.32 Å². The number of amides is 1. The summed E-state index contributed by atoms with van der Waals surface area (Å²) in [6.45, 7) is 3.11. The summed E-state index contributed by atoms with van der Waals surface area (Å²) < 4.78 is 5.37. The zero-order chi connectivity index (χ0) is 13.2. The fourth-order valence-electron chi connectivity index (χ4n) is 2.21. The third kappa shape index (κ3) is 2.37. The van der Waals surface area contributed by atoms with Crippen LogP contribution in [0.1, 0.15) is 27.3 Å². The highest BCUT2D eigenvalue weighted by molar-refractivity contribution is 6.04. The molecule has 0 fully saturated rings. The van der Waals surface area contributed by atoms with E-state index in [1.807, 2.05) is 31.2 Å². The Morgan fingerprint density at radius 2 is 2.37 bits per heavy atom. The van der Waals surface area contributed by atoms with Crippen LogP contribution in [0.2, 0.25) is 0 Å². The normalized spacial score (nSPS) is 13.9. The maximum Gasteiger partial charge on any atom is 0.276 e. The van der Waals surface area contributed by atoms with Crippen molar-refractivity contribution in [2.24, 2.45) is 0 Å². The van der Waals surface area contributed by atoms with Gasteiger partial charge in [-0.15, -0.1) is 0 Å². The number of carbonyl (C=O) groups excluding carboxylic acids is 1. The average molecular weight is 257 g/mol. The minimum atomic E-state index is -0.200. The predicted octanol–water partition coefficient (Wildman–Crippen LogP) is 2.04. The second-order valence-corrected chi connectivity index (χ2v) is 4.66. The number of hydrogen-bond donors (Lipinski definition) is 2. The lowest BCUT2D eigenvalue weighted by molar-refractivity contribution is 0.0985. The van der Waals surface area contributed by atoms with Gasteiger partial charge >= 0.3 is 0 Å². The molecule has 5 heteroatoms. The van der Waals surface area contributed by atoms with E-state index in [0.29, 0.717) is 18.9 Å². The zero-order valence-electron chi connectivity index (χ0n) is 10.7. The Bertz CT molecular complexity index is 619. The molecule has 98 valence electrons. The van der Waals surface area contributed by atoms with E-state index in [2.05, 4.69) is 15.5 Å². The van der Waals surface area contributed by atoms with Crippen molar-refractivity contribution in [2.75, 3.05) is 11.9 Å². The Morgan fingerprint density at radius 3 is 3.21 bits per heavy atom. The van der Waals surface area contributed by atoms with Crippen molar-refractivity contribution in [3.8, 4) is 0 Å². The largest absolute Gasteiger partial charge is 0.376 e. The van der Waals surface area contributed by atoms with Gasteiger partial charge in [-0.3, -0.25) is 9.89 Å². The van der Waals surface area contributed by atoms with Crippen LogP contribution in [0.3, 0.4) is 0 Å². The molecule has 1 aliphatic heterocycles. The maximum absolute atomic E-state index is 12.2. The van der Waals surface area contributed by atoms with Crippen molar-refractivity contribution in [3.05, 3.63) is 46.8 Å². The van der Waals surface area contributed by atoms with Crippen LogP contribution in [0.5, 0.6) is 0 Å². The first kappa shape index (κ1) is 11.9. The topological polar surface area (TPSA) is 67.0 Å². The number of hydrogen-bond acceptors (Lipinski definition) is 3. The molecule has 0 atom stereocenters. The summed E-state index contributed by atoms with van der Waals surface area (Å²) in [5, 5.41) is 9.87. The minimum absolute atomic E-state index is 0.200. The molecule has 1 amide bonds. The van der Waals surface area contributed by atoms with Crippen LogP contribution in [0.25, 0.3) is 0 Å². The molecule has 19 heavy (non-hydrogen) atoms. The predicted molar refractivity (Wildman–Crippen MR) is 71.1 cm³/mol. The molecule has 5 nitrogen and oxygen atoms in total. The van der Waals surface area contributed by atoms with Gasteiger partial charge in [0.2, 0.25) is 0 Å². The van der Waals surface area contributed by atoms with Gasteiger partial charge in [-0.1, -0.05) is 12.1 Å². The molecule has 0 saturated heterocycles. The lowest BCUT2D eigenvalue weighted by atomic mass is 10.1. The quantitative estimate of drug-likeness (QED) is 0.865. The highest BCUT2D eigenvalue weighted by Crippen LogP contribution is 2.19. The second kappa shape index (κ2) is 4.85. The number of anilines is 1. The number of nitrogens with zero attached hydrogens (tertiary/aromatic N) is 1. The van der Waals surface area contributed by atoms with Crippen molar-refractivity contribution >= 4 is 11.6 Å². The monoisotopic (exact) mass is 257 g/mol. The van der Waals surface area contributed by atoms with E-state index in [4.69, 9.17) is 4.74 Å². The van der Waals surface area contributed by atoms with Gasteiger partial charge in [0.1, 0.15) is 0 Å². The number of aromatic amines is 1. The highest BCUT2D eigenvalue weighted by atomic mass is 16.5. The summed E-state index contributed by atoms with van der Waals surface area (Å²) in [4.78, 5) is 12.2. The number of benzene rings is 1. The summed E-state index contributed by atoms with van der Waals surface area (Å²) >= 11 is 0.